The van der Waals surface area contributed by atoms with E-state index in [9.17, 15) is 8.42 Å². The van der Waals surface area contributed by atoms with E-state index in [-0.39, 0.29) is 0 Å². The van der Waals surface area contributed by atoms with Crippen LogP contribution in [0.2, 0.25) is 0 Å². The molecule has 0 aliphatic rings. The first-order valence-corrected chi connectivity index (χ1v) is 8.87. The van der Waals surface area contributed by atoms with Crippen LogP contribution in [0, 0.1) is 0 Å². The fraction of sp³-hybridized carbons (Fsp3) is 1.00. The van der Waals surface area contributed by atoms with Gasteiger partial charge in [0.1, 0.15) is 0 Å². The summed E-state index contributed by atoms with van der Waals surface area (Å²) >= 11 is 0. The molecule has 0 radical (unpaired) electrons. The van der Waals surface area contributed by atoms with Crippen LogP contribution >= 0.6 is 0 Å². The number of hydrogen-bond acceptors (Lipinski definition) is 3. The van der Waals surface area contributed by atoms with Crippen molar-refractivity contribution in [2.75, 3.05) is 31.9 Å². The third kappa shape index (κ3) is 8.06. The Hall–Kier alpha value is -0.130. The summed E-state index contributed by atoms with van der Waals surface area (Å²) in [7, 11) is -3.03. The number of hydrogen-bond donors (Lipinski definition) is 1. The van der Waals surface area contributed by atoms with Gasteiger partial charge >= 0.3 is 0 Å². The van der Waals surface area contributed by atoms with E-state index in [2.05, 4.69) is 12.2 Å². The van der Waals surface area contributed by atoms with Crippen molar-refractivity contribution in [3.63, 3.8) is 0 Å². The lowest BCUT2D eigenvalue weighted by Gasteiger charge is -2.20. The Morgan fingerprint density at radius 1 is 0.889 bits per heavy atom. The van der Waals surface area contributed by atoms with Crippen LogP contribution in [0.4, 0.5) is 0 Å². The van der Waals surface area contributed by atoms with Crippen molar-refractivity contribution in [2.45, 2.75) is 52.9 Å². The Balaban J connectivity index is 3.95. The lowest BCUT2D eigenvalue weighted by Crippen LogP contribution is -2.34. The first-order valence-electron chi connectivity index (χ1n) is 7.27. The summed E-state index contributed by atoms with van der Waals surface area (Å²) < 4.78 is 25.9. The SMILES string of the molecule is CCCNCCCCS(=O)(=O)N(CCC)CCC. The minimum absolute atomic E-state index is 0.292. The van der Waals surface area contributed by atoms with E-state index >= 15 is 0 Å². The second-order valence-electron chi connectivity index (χ2n) is 4.67. The molecule has 18 heavy (non-hydrogen) atoms. The molecule has 4 nitrogen and oxygen atoms in total. The van der Waals surface area contributed by atoms with Crippen LogP contribution in [0.25, 0.3) is 0 Å². The number of nitrogens with zero attached hydrogens (tertiary/aromatic N) is 1. The summed E-state index contributed by atoms with van der Waals surface area (Å²) in [6.07, 6.45) is 4.59. The number of rotatable bonds is 12. The Labute approximate surface area is 113 Å². The molecule has 0 aromatic heterocycles. The molecule has 0 amide bonds. The van der Waals surface area contributed by atoms with E-state index in [1.807, 2.05) is 13.8 Å². The van der Waals surface area contributed by atoms with Gasteiger partial charge in [-0.2, -0.15) is 0 Å². The molecule has 0 atom stereocenters. The standard InChI is InChI=1S/C13H30N2O2S/c1-4-9-14-10-7-8-13-18(16,17)15(11-5-2)12-6-3/h14H,4-13H2,1-3H3. The van der Waals surface area contributed by atoms with E-state index in [1.165, 1.54) is 0 Å². The van der Waals surface area contributed by atoms with Crippen LogP contribution in [0.3, 0.4) is 0 Å². The van der Waals surface area contributed by atoms with Crippen LogP contribution < -0.4 is 5.32 Å². The van der Waals surface area contributed by atoms with Gasteiger partial charge in [0.2, 0.25) is 10.0 Å². The maximum absolute atomic E-state index is 12.1. The normalized spacial score (nSPS) is 12.2. The average molecular weight is 278 g/mol. The Morgan fingerprint density at radius 3 is 2.00 bits per heavy atom. The summed E-state index contributed by atoms with van der Waals surface area (Å²) in [4.78, 5) is 0. The zero-order chi connectivity index (χ0) is 13.9. The summed E-state index contributed by atoms with van der Waals surface area (Å²) in [6.45, 7) is 9.43. The van der Waals surface area contributed by atoms with Crippen molar-refractivity contribution in [3.05, 3.63) is 0 Å². The fourth-order valence-corrected chi connectivity index (χ4v) is 3.60. The molecule has 0 saturated heterocycles. The number of sulfonamides is 1. The van der Waals surface area contributed by atoms with Gasteiger partial charge in [0.15, 0.2) is 0 Å². The largest absolute Gasteiger partial charge is 0.317 e. The predicted molar refractivity (Wildman–Crippen MR) is 78.3 cm³/mol. The smallest absolute Gasteiger partial charge is 0.214 e. The molecular weight excluding hydrogens is 248 g/mol. The highest BCUT2D eigenvalue weighted by atomic mass is 32.2. The Bertz CT molecular complexity index is 273. The molecule has 0 rings (SSSR count). The molecule has 0 heterocycles. The average Bonchev–Trinajstić information content (AvgIpc) is 2.33. The molecule has 110 valence electrons. The highest BCUT2D eigenvalue weighted by Gasteiger charge is 2.19. The second kappa shape index (κ2) is 10.8. The van der Waals surface area contributed by atoms with Crippen LogP contribution in [0.15, 0.2) is 0 Å². The molecule has 5 heteroatoms. The van der Waals surface area contributed by atoms with Gasteiger partial charge in [-0.25, -0.2) is 12.7 Å². The third-order valence-electron chi connectivity index (χ3n) is 2.77. The molecule has 0 aromatic rings. The highest BCUT2D eigenvalue weighted by molar-refractivity contribution is 7.89. The van der Waals surface area contributed by atoms with E-state index in [1.54, 1.807) is 4.31 Å². The topological polar surface area (TPSA) is 49.4 Å². The van der Waals surface area contributed by atoms with Gasteiger partial charge in [-0.05, 0) is 45.2 Å². The van der Waals surface area contributed by atoms with Gasteiger partial charge in [-0.15, -0.1) is 0 Å². The maximum Gasteiger partial charge on any atom is 0.214 e. The molecule has 0 saturated carbocycles. The highest BCUT2D eigenvalue weighted by Crippen LogP contribution is 2.07. The zero-order valence-electron chi connectivity index (χ0n) is 12.2. The molecule has 0 fully saturated rings. The van der Waals surface area contributed by atoms with E-state index < -0.39 is 10.0 Å². The maximum atomic E-state index is 12.1. The predicted octanol–water partition coefficient (Wildman–Crippen LogP) is 2.22. The van der Waals surface area contributed by atoms with Gasteiger partial charge in [-0.3, -0.25) is 0 Å². The van der Waals surface area contributed by atoms with Crippen molar-refractivity contribution in [2.24, 2.45) is 0 Å². The van der Waals surface area contributed by atoms with Crippen molar-refractivity contribution in [1.82, 2.24) is 9.62 Å². The molecular formula is C13H30N2O2S. The second-order valence-corrected chi connectivity index (χ2v) is 6.76. The minimum Gasteiger partial charge on any atom is -0.317 e. The first-order chi connectivity index (χ1) is 8.58. The van der Waals surface area contributed by atoms with Crippen molar-refractivity contribution < 1.29 is 8.42 Å². The van der Waals surface area contributed by atoms with Crippen LogP contribution in [0.5, 0.6) is 0 Å². The van der Waals surface area contributed by atoms with Crippen LogP contribution in [-0.2, 0) is 10.0 Å². The minimum atomic E-state index is -3.03. The Kier molecular flexibility index (Phi) is 10.7. The molecule has 0 aliphatic carbocycles. The number of nitrogens with one attached hydrogen (secondary N) is 1. The van der Waals surface area contributed by atoms with E-state index in [0.717, 1.165) is 45.2 Å². The van der Waals surface area contributed by atoms with Gasteiger partial charge in [0.05, 0.1) is 5.75 Å². The fourth-order valence-electron chi connectivity index (χ4n) is 1.85. The molecule has 1 N–H and O–H groups in total. The quantitative estimate of drug-likeness (QED) is 0.557. The van der Waals surface area contributed by atoms with E-state index in [0.29, 0.717) is 18.8 Å². The lowest BCUT2D eigenvalue weighted by molar-refractivity contribution is 0.408. The van der Waals surface area contributed by atoms with E-state index in [4.69, 9.17) is 0 Å². The van der Waals surface area contributed by atoms with Gasteiger partial charge in [0.25, 0.3) is 0 Å². The summed E-state index contributed by atoms with van der Waals surface area (Å²) in [5, 5.41) is 3.29. The third-order valence-corrected chi connectivity index (χ3v) is 4.73. The summed E-state index contributed by atoms with van der Waals surface area (Å²) in [5.41, 5.74) is 0. The zero-order valence-corrected chi connectivity index (χ0v) is 13.1. The molecule has 0 aromatic carbocycles. The lowest BCUT2D eigenvalue weighted by atomic mass is 10.3. The monoisotopic (exact) mass is 278 g/mol. The van der Waals surface area contributed by atoms with Crippen molar-refractivity contribution in [3.8, 4) is 0 Å². The Morgan fingerprint density at radius 2 is 1.50 bits per heavy atom. The first kappa shape index (κ1) is 17.9. The van der Waals surface area contributed by atoms with Crippen molar-refractivity contribution >= 4 is 10.0 Å². The number of unbranched alkanes of at least 4 members (excludes halogenated alkanes) is 1. The van der Waals surface area contributed by atoms with Gasteiger partial charge in [0, 0.05) is 13.1 Å². The molecule has 0 bridgehead atoms. The van der Waals surface area contributed by atoms with Crippen LogP contribution in [-0.4, -0.2) is 44.7 Å². The summed E-state index contributed by atoms with van der Waals surface area (Å²) in [5.74, 6) is 0.292. The molecule has 0 aliphatic heterocycles. The summed E-state index contributed by atoms with van der Waals surface area (Å²) in [6, 6.07) is 0. The van der Waals surface area contributed by atoms with Crippen molar-refractivity contribution in [1.29, 1.82) is 0 Å². The molecule has 0 spiro atoms. The van der Waals surface area contributed by atoms with Gasteiger partial charge < -0.3 is 5.32 Å². The van der Waals surface area contributed by atoms with Crippen LogP contribution in [0.1, 0.15) is 52.9 Å². The molecule has 0 unspecified atom stereocenters. The van der Waals surface area contributed by atoms with Gasteiger partial charge in [-0.1, -0.05) is 20.8 Å².